The third kappa shape index (κ3) is 4.30. The zero-order valence-corrected chi connectivity index (χ0v) is 18.7. The molecule has 1 aliphatic rings. The number of fused-ring (bicyclic) bond motifs is 1. The number of nitro benzene ring substituents is 1. The first-order valence-electron chi connectivity index (χ1n) is 10.3. The Hall–Kier alpha value is -5.04. The first-order valence-corrected chi connectivity index (χ1v) is 10.3. The van der Waals surface area contributed by atoms with Gasteiger partial charge in [0.1, 0.15) is 40.2 Å². The maximum Gasteiger partial charge on any atom is 0.350 e. The zero-order valence-electron chi connectivity index (χ0n) is 18.7. The fourth-order valence-electron chi connectivity index (χ4n) is 3.84. The minimum atomic E-state index is -0.900. The first kappa shape index (κ1) is 23.1. The number of nitrogens with two attached hydrogens (primary N) is 1. The number of carbonyl (C=O) groups is 1. The molecule has 35 heavy (non-hydrogen) atoms. The van der Waals surface area contributed by atoms with Crippen LogP contribution in [0.5, 0.6) is 23.0 Å². The molecule has 1 aliphatic heterocycles. The molecule has 0 amide bonds. The minimum Gasteiger partial charge on any atom is -0.497 e. The number of hydrogen-bond acceptors (Lipinski definition) is 9. The van der Waals surface area contributed by atoms with Gasteiger partial charge in [0.05, 0.1) is 25.1 Å². The van der Waals surface area contributed by atoms with E-state index in [4.69, 9.17) is 24.7 Å². The third-order valence-electron chi connectivity index (χ3n) is 5.47. The fourth-order valence-corrected chi connectivity index (χ4v) is 3.84. The molecule has 0 saturated heterocycles. The Balaban J connectivity index is 1.74. The van der Waals surface area contributed by atoms with Gasteiger partial charge in [-0.1, -0.05) is 24.3 Å². The van der Waals surface area contributed by atoms with Crippen molar-refractivity contribution in [3.63, 3.8) is 0 Å². The average Bonchev–Trinajstić information content (AvgIpc) is 2.87. The SMILES string of the molecule is COc1ccc(C2C(C#N)=C(N)Oc3cc(OC(=O)c4ccccc4[N+](=O)[O-])ccc32)c(OC)c1. The van der Waals surface area contributed by atoms with Crippen molar-refractivity contribution in [3.05, 3.63) is 98.9 Å². The molecule has 3 aromatic rings. The Morgan fingerprint density at radius 3 is 2.46 bits per heavy atom. The second-order valence-corrected chi connectivity index (χ2v) is 7.40. The van der Waals surface area contributed by atoms with E-state index >= 15 is 0 Å². The van der Waals surface area contributed by atoms with Gasteiger partial charge in [0, 0.05) is 29.3 Å². The van der Waals surface area contributed by atoms with Crippen molar-refractivity contribution >= 4 is 11.7 Å². The van der Waals surface area contributed by atoms with Gasteiger partial charge >= 0.3 is 5.97 Å². The van der Waals surface area contributed by atoms with Crippen molar-refractivity contribution in [1.29, 1.82) is 5.26 Å². The highest BCUT2D eigenvalue weighted by Crippen LogP contribution is 2.46. The van der Waals surface area contributed by atoms with E-state index in [0.29, 0.717) is 22.6 Å². The minimum absolute atomic E-state index is 0.0838. The fraction of sp³-hybridized carbons (Fsp3) is 0.120. The van der Waals surface area contributed by atoms with Gasteiger partial charge in [-0.25, -0.2) is 4.79 Å². The Bertz CT molecular complexity index is 1410. The van der Waals surface area contributed by atoms with Crippen LogP contribution < -0.4 is 24.7 Å². The Kier molecular flexibility index (Phi) is 6.24. The van der Waals surface area contributed by atoms with E-state index in [9.17, 15) is 20.2 Å². The predicted molar refractivity (Wildman–Crippen MR) is 123 cm³/mol. The third-order valence-corrected chi connectivity index (χ3v) is 5.47. The number of nitriles is 1. The molecular formula is C25H19N3O7. The molecule has 3 aromatic carbocycles. The normalized spacial score (nSPS) is 14.3. The van der Waals surface area contributed by atoms with E-state index in [0.717, 1.165) is 0 Å². The van der Waals surface area contributed by atoms with Gasteiger partial charge in [-0.15, -0.1) is 0 Å². The number of hydrogen-bond donors (Lipinski definition) is 1. The standard InChI is InChI=1S/C25H19N3O7/c1-32-14-7-9-17(21(11-14)33-2)23-18-10-8-15(12-22(18)35-24(27)19(23)13-26)34-25(29)16-5-3-4-6-20(16)28(30)31/h3-12,23H,27H2,1-2H3. The van der Waals surface area contributed by atoms with Gasteiger partial charge in [-0.3, -0.25) is 10.1 Å². The van der Waals surface area contributed by atoms with Crippen LogP contribution in [0.25, 0.3) is 0 Å². The number of para-hydroxylation sites is 1. The van der Waals surface area contributed by atoms with Gasteiger partial charge in [-0.05, 0) is 18.2 Å². The molecule has 4 rings (SSSR count). The van der Waals surface area contributed by atoms with Gasteiger partial charge in [0.15, 0.2) is 0 Å². The summed E-state index contributed by atoms with van der Waals surface area (Å²) in [5, 5.41) is 21.0. The van der Waals surface area contributed by atoms with E-state index in [1.165, 1.54) is 50.6 Å². The summed E-state index contributed by atoms with van der Waals surface area (Å²) in [6, 6.07) is 17.4. The van der Waals surface area contributed by atoms with Crippen LogP contribution in [0.3, 0.4) is 0 Å². The monoisotopic (exact) mass is 473 g/mol. The Morgan fingerprint density at radius 1 is 1.06 bits per heavy atom. The molecule has 0 aromatic heterocycles. The van der Waals surface area contributed by atoms with Crippen molar-refractivity contribution in [2.45, 2.75) is 5.92 Å². The summed E-state index contributed by atoms with van der Waals surface area (Å²) in [6.07, 6.45) is 0. The zero-order chi connectivity index (χ0) is 25.1. The molecule has 0 bridgehead atoms. The van der Waals surface area contributed by atoms with Crippen molar-refractivity contribution in [2.24, 2.45) is 5.73 Å². The van der Waals surface area contributed by atoms with Crippen LogP contribution in [0.4, 0.5) is 5.69 Å². The lowest BCUT2D eigenvalue weighted by molar-refractivity contribution is -0.385. The second kappa shape index (κ2) is 9.44. The molecule has 0 spiro atoms. The van der Waals surface area contributed by atoms with Crippen LogP contribution in [0, 0.1) is 21.4 Å². The van der Waals surface area contributed by atoms with E-state index in [-0.39, 0.29) is 34.2 Å². The quantitative estimate of drug-likeness (QED) is 0.242. The average molecular weight is 473 g/mol. The number of nitrogens with zero attached hydrogens (tertiary/aromatic N) is 2. The second-order valence-electron chi connectivity index (χ2n) is 7.40. The lowest BCUT2D eigenvalue weighted by Gasteiger charge is -2.27. The number of benzene rings is 3. The summed E-state index contributed by atoms with van der Waals surface area (Å²) in [5.74, 6) is -0.227. The molecule has 1 unspecified atom stereocenters. The molecule has 0 radical (unpaired) electrons. The highest BCUT2D eigenvalue weighted by atomic mass is 16.6. The van der Waals surface area contributed by atoms with Crippen molar-refractivity contribution in [1.82, 2.24) is 0 Å². The molecule has 10 heteroatoms. The van der Waals surface area contributed by atoms with Crippen molar-refractivity contribution in [3.8, 4) is 29.1 Å². The smallest absolute Gasteiger partial charge is 0.350 e. The molecule has 176 valence electrons. The molecule has 0 aliphatic carbocycles. The molecular weight excluding hydrogens is 454 g/mol. The van der Waals surface area contributed by atoms with E-state index in [1.54, 1.807) is 24.3 Å². The number of ether oxygens (including phenoxy) is 4. The van der Waals surface area contributed by atoms with Gasteiger partial charge in [0.25, 0.3) is 5.69 Å². The summed E-state index contributed by atoms with van der Waals surface area (Å²) in [7, 11) is 3.03. The van der Waals surface area contributed by atoms with Crippen LogP contribution in [0.1, 0.15) is 27.4 Å². The summed E-state index contributed by atoms with van der Waals surface area (Å²) in [6.45, 7) is 0. The van der Waals surface area contributed by atoms with E-state index in [1.807, 2.05) is 0 Å². The summed E-state index contributed by atoms with van der Waals surface area (Å²) in [5.41, 5.74) is 6.93. The number of allylic oxidation sites excluding steroid dienone is 1. The van der Waals surface area contributed by atoms with E-state index < -0.39 is 16.8 Å². The molecule has 1 heterocycles. The number of esters is 1. The van der Waals surface area contributed by atoms with Crippen LogP contribution >= 0.6 is 0 Å². The molecule has 10 nitrogen and oxygen atoms in total. The Morgan fingerprint density at radius 2 is 1.77 bits per heavy atom. The van der Waals surface area contributed by atoms with Crippen molar-refractivity contribution in [2.75, 3.05) is 14.2 Å². The number of nitro groups is 1. The summed E-state index contributed by atoms with van der Waals surface area (Å²) < 4.78 is 21.8. The van der Waals surface area contributed by atoms with E-state index in [2.05, 4.69) is 6.07 Å². The Labute approximate surface area is 199 Å². The summed E-state index contributed by atoms with van der Waals surface area (Å²) in [4.78, 5) is 23.2. The van der Waals surface area contributed by atoms with Crippen LogP contribution in [-0.4, -0.2) is 25.1 Å². The maximum absolute atomic E-state index is 12.6. The molecule has 0 saturated carbocycles. The summed E-state index contributed by atoms with van der Waals surface area (Å²) >= 11 is 0. The molecule has 1 atom stereocenters. The van der Waals surface area contributed by atoms with Crippen LogP contribution in [-0.2, 0) is 0 Å². The first-order chi connectivity index (χ1) is 16.9. The lowest BCUT2D eigenvalue weighted by Crippen LogP contribution is -2.21. The lowest BCUT2D eigenvalue weighted by atomic mass is 9.83. The number of carbonyl (C=O) groups excluding carboxylic acids is 1. The highest BCUT2D eigenvalue weighted by Gasteiger charge is 2.33. The van der Waals surface area contributed by atoms with Crippen LogP contribution in [0.15, 0.2) is 72.1 Å². The van der Waals surface area contributed by atoms with Gasteiger partial charge in [-0.2, -0.15) is 5.26 Å². The number of methoxy groups -OCH3 is 2. The maximum atomic E-state index is 12.6. The van der Waals surface area contributed by atoms with Gasteiger partial charge in [0.2, 0.25) is 5.88 Å². The highest BCUT2D eigenvalue weighted by molar-refractivity contribution is 5.95. The number of rotatable bonds is 6. The predicted octanol–water partition coefficient (Wildman–Crippen LogP) is 4.05. The van der Waals surface area contributed by atoms with Gasteiger partial charge < -0.3 is 24.7 Å². The topological polar surface area (TPSA) is 147 Å². The molecule has 2 N–H and O–H groups in total. The molecule has 0 fully saturated rings. The van der Waals surface area contributed by atoms with Crippen LogP contribution in [0.2, 0.25) is 0 Å². The van der Waals surface area contributed by atoms with Crippen molar-refractivity contribution < 1.29 is 28.7 Å². The largest absolute Gasteiger partial charge is 0.497 e.